The van der Waals surface area contributed by atoms with Gasteiger partial charge in [-0.3, -0.25) is 14.6 Å². The number of pyridine rings is 1. The summed E-state index contributed by atoms with van der Waals surface area (Å²) < 4.78 is 43.0. The molecular formula is C34H33F3N2O2. The van der Waals surface area contributed by atoms with Crippen molar-refractivity contribution in [3.05, 3.63) is 101 Å². The summed E-state index contributed by atoms with van der Waals surface area (Å²) in [6.07, 6.45) is 1.40. The Hall–Kier alpha value is -4.00. The summed E-state index contributed by atoms with van der Waals surface area (Å²) in [6.45, 7) is 3.96. The highest BCUT2D eigenvalue weighted by molar-refractivity contribution is 6.02. The number of carbonyl (C=O) groups excluding carboxylic acids is 2. The molecule has 5 rings (SSSR count). The number of fused-ring (bicyclic) bond motifs is 1. The third-order valence-corrected chi connectivity index (χ3v) is 8.08. The highest BCUT2D eigenvalue weighted by atomic mass is 19.4. The minimum absolute atomic E-state index is 0.0181. The molecule has 7 heteroatoms. The molecule has 0 spiro atoms. The molecule has 0 radical (unpaired) electrons. The van der Waals surface area contributed by atoms with Gasteiger partial charge in [-0.1, -0.05) is 56.3 Å². The first-order valence-electron chi connectivity index (χ1n) is 14.1. The van der Waals surface area contributed by atoms with Crippen molar-refractivity contribution < 1.29 is 22.8 Å². The Morgan fingerprint density at radius 1 is 0.951 bits per heavy atom. The van der Waals surface area contributed by atoms with Crippen LogP contribution in [0.5, 0.6) is 0 Å². The molecule has 41 heavy (non-hydrogen) atoms. The number of nitrogens with zero attached hydrogens (tertiary/aromatic N) is 1. The molecule has 0 bridgehead atoms. The van der Waals surface area contributed by atoms with Crippen LogP contribution in [0.15, 0.2) is 72.9 Å². The van der Waals surface area contributed by atoms with Gasteiger partial charge in [-0.2, -0.15) is 13.2 Å². The lowest BCUT2D eigenvalue weighted by atomic mass is 9.87. The Bertz CT molecular complexity index is 1560. The van der Waals surface area contributed by atoms with E-state index in [2.05, 4.69) is 17.2 Å². The van der Waals surface area contributed by atoms with Crippen molar-refractivity contribution >= 4 is 22.6 Å². The Balaban J connectivity index is 1.57. The van der Waals surface area contributed by atoms with Crippen LogP contribution in [0, 0.1) is 5.92 Å². The molecular weight excluding hydrogens is 525 g/mol. The Labute approximate surface area is 238 Å². The third-order valence-electron chi connectivity index (χ3n) is 8.08. The maximum atomic E-state index is 14.3. The zero-order chi connectivity index (χ0) is 29.1. The van der Waals surface area contributed by atoms with Crippen LogP contribution in [0.3, 0.4) is 0 Å². The lowest BCUT2D eigenvalue weighted by Gasteiger charge is -2.26. The Kier molecular flexibility index (Phi) is 8.25. The summed E-state index contributed by atoms with van der Waals surface area (Å²) in [5.41, 5.74) is 2.09. The van der Waals surface area contributed by atoms with E-state index in [1.54, 1.807) is 31.2 Å². The van der Waals surface area contributed by atoms with Gasteiger partial charge in [0.1, 0.15) is 0 Å². The molecule has 1 aliphatic rings. The van der Waals surface area contributed by atoms with Crippen molar-refractivity contribution in [1.82, 2.24) is 10.3 Å². The predicted octanol–water partition coefficient (Wildman–Crippen LogP) is 8.41. The van der Waals surface area contributed by atoms with E-state index in [1.807, 2.05) is 30.3 Å². The molecule has 1 fully saturated rings. The van der Waals surface area contributed by atoms with Gasteiger partial charge in [0.2, 0.25) is 0 Å². The summed E-state index contributed by atoms with van der Waals surface area (Å²) in [4.78, 5) is 30.0. The number of hydrogen-bond donors (Lipinski definition) is 1. The summed E-state index contributed by atoms with van der Waals surface area (Å²) >= 11 is 0. The topological polar surface area (TPSA) is 59.1 Å². The zero-order valence-corrected chi connectivity index (χ0v) is 23.2. The number of carbonyl (C=O) groups is 2. The van der Waals surface area contributed by atoms with Crippen molar-refractivity contribution in [2.75, 3.05) is 0 Å². The van der Waals surface area contributed by atoms with Gasteiger partial charge in [0.15, 0.2) is 5.78 Å². The number of ketones is 1. The molecule has 1 heterocycles. The van der Waals surface area contributed by atoms with E-state index >= 15 is 0 Å². The lowest BCUT2D eigenvalue weighted by Crippen LogP contribution is -2.37. The number of amides is 1. The van der Waals surface area contributed by atoms with Crippen LogP contribution in [-0.2, 0) is 12.6 Å². The number of rotatable bonds is 7. The number of alkyl halides is 3. The number of hydrogen-bond acceptors (Lipinski definition) is 3. The molecule has 4 aromatic rings. The molecule has 4 nitrogen and oxygen atoms in total. The maximum absolute atomic E-state index is 14.3. The standard InChI is InChI=1S/C34H33F3N2O2/c1-3-32(40)29-20-38-31-19-30(34(35,36)37)26(18-28(31)27(29)17-22-7-5-4-6-8-22)23-11-13-24(14-12-23)33(41)39-25-15-9-21(2)10-16-25/h4-8,11-14,18-21,25H,3,9-10,15-17H2,1-2H3,(H,39,41). The second-order valence-corrected chi connectivity index (χ2v) is 11.0. The van der Waals surface area contributed by atoms with E-state index in [0.717, 1.165) is 37.3 Å². The van der Waals surface area contributed by atoms with Crippen LogP contribution < -0.4 is 5.32 Å². The van der Waals surface area contributed by atoms with Gasteiger partial charge in [-0.15, -0.1) is 0 Å². The predicted molar refractivity (Wildman–Crippen MR) is 155 cm³/mol. The van der Waals surface area contributed by atoms with Gasteiger partial charge >= 0.3 is 6.18 Å². The number of nitrogens with one attached hydrogen (secondary N) is 1. The summed E-state index contributed by atoms with van der Waals surface area (Å²) in [5.74, 6) is 0.323. The van der Waals surface area contributed by atoms with E-state index in [1.165, 1.54) is 12.3 Å². The highest BCUT2D eigenvalue weighted by Gasteiger charge is 2.35. The molecule has 1 amide bonds. The molecule has 0 atom stereocenters. The molecule has 212 valence electrons. The van der Waals surface area contributed by atoms with E-state index in [-0.39, 0.29) is 35.2 Å². The quantitative estimate of drug-likeness (QED) is 0.232. The molecule has 0 unspecified atom stereocenters. The number of aromatic nitrogens is 1. The van der Waals surface area contributed by atoms with Crippen LogP contribution in [-0.4, -0.2) is 22.7 Å². The normalized spacial score (nSPS) is 17.4. The van der Waals surface area contributed by atoms with Crippen molar-refractivity contribution in [3.8, 4) is 11.1 Å². The minimum atomic E-state index is -4.63. The van der Waals surface area contributed by atoms with E-state index in [9.17, 15) is 22.8 Å². The van der Waals surface area contributed by atoms with Crippen LogP contribution in [0.2, 0.25) is 0 Å². The fraction of sp³-hybridized carbons (Fsp3) is 0.324. The average Bonchev–Trinajstić information content (AvgIpc) is 2.97. The highest BCUT2D eigenvalue weighted by Crippen LogP contribution is 2.40. The van der Waals surface area contributed by atoms with Gasteiger partial charge in [0.25, 0.3) is 5.91 Å². The Morgan fingerprint density at radius 3 is 2.27 bits per heavy atom. The van der Waals surface area contributed by atoms with E-state index in [4.69, 9.17) is 0 Å². The van der Waals surface area contributed by atoms with E-state index < -0.39 is 11.7 Å². The van der Waals surface area contributed by atoms with E-state index in [0.29, 0.717) is 40.0 Å². The van der Waals surface area contributed by atoms with Crippen molar-refractivity contribution in [2.45, 2.75) is 64.6 Å². The number of benzene rings is 3. The number of halogens is 3. The molecule has 0 saturated heterocycles. The van der Waals surface area contributed by atoms with Crippen molar-refractivity contribution in [2.24, 2.45) is 5.92 Å². The van der Waals surface area contributed by atoms with Gasteiger partial charge in [0.05, 0.1) is 11.1 Å². The van der Waals surface area contributed by atoms with Gasteiger partial charge in [0, 0.05) is 35.2 Å². The van der Waals surface area contributed by atoms with Gasteiger partial charge in [-0.25, -0.2) is 0 Å². The monoisotopic (exact) mass is 558 g/mol. The molecule has 1 aliphatic carbocycles. The van der Waals surface area contributed by atoms with Gasteiger partial charge < -0.3 is 5.32 Å². The fourth-order valence-corrected chi connectivity index (χ4v) is 5.66. The summed E-state index contributed by atoms with van der Waals surface area (Å²) in [7, 11) is 0. The van der Waals surface area contributed by atoms with Gasteiger partial charge in [-0.05, 0) is 84.5 Å². The van der Waals surface area contributed by atoms with Crippen LogP contribution in [0.1, 0.15) is 83.4 Å². The molecule has 0 aliphatic heterocycles. The molecule has 3 aromatic carbocycles. The second kappa shape index (κ2) is 11.9. The second-order valence-electron chi connectivity index (χ2n) is 11.0. The summed E-state index contributed by atoms with van der Waals surface area (Å²) in [5, 5.41) is 3.57. The fourth-order valence-electron chi connectivity index (χ4n) is 5.66. The minimum Gasteiger partial charge on any atom is -0.349 e. The van der Waals surface area contributed by atoms with Crippen LogP contribution in [0.4, 0.5) is 13.2 Å². The first-order valence-corrected chi connectivity index (χ1v) is 14.1. The smallest absolute Gasteiger partial charge is 0.349 e. The Morgan fingerprint density at radius 2 is 1.63 bits per heavy atom. The summed E-state index contributed by atoms with van der Waals surface area (Å²) in [6, 6.07) is 18.4. The zero-order valence-electron chi connectivity index (χ0n) is 23.2. The molecule has 1 aromatic heterocycles. The molecule has 1 saturated carbocycles. The first-order chi connectivity index (χ1) is 19.6. The third kappa shape index (κ3) is 6.34. The largest absolute Gasteiger partial charge is 0.417 e. The van der Waals surface area contributed by atoms with Crippen LogP contribution in [0.25, 0.3) is 22.0 Å². The SMILES string of the molecule is CCC(=O)c1cnc2cc(C(F)(F)F)c(-c3ccc(C(=O)NC4CCC(C)CC4)cc3)cc2c1Cc1ccccc1. The van der Waals surface area contributed by atoms with Crippen molar-refractivity contribution in [3.63, 3.8) is 0 Å². The maximum Gasteiger partial charge on any atom is 0.417 e. The average molecular weight is 559 g/mol. The molecule has 1 N–H and O–H groups in total. The lowest BCUT2D eigenvalue weighted by molar-refractivity contribution is -0.137. The first kappa shape index (κ1) is 28.5. The number of Topliss-reactive ketones (excluding diaryl/α,β-unsaturated/α-hetero) is 1. The van der Waals surface area contributed by atoms with Crippen LogP contribution >= 0.6 is 0 Å². The van der Waals surface area contributed by atoms with Crippen molar-refractivity contribution in [1.29, 1.82) is 0 Å².